The van der Waals surface area contributed by atoms with Crippen LogP contribution in [-0.4, -0.2) is 32.6 Å². The molecule has 0 radical (unpaired) electrons. The number of para-hydroxylation sites is 1. The largest absolute Gasteiger partial charge is 0.493 e. The lowest BCUT2D eigenvalue weighted by molar-refractivity contribution is 0.341. The highest BCUT2D eigenvalue weighted by molar-refractivity contribution is 7.91. The molecule has 17 heavy (non-hydrogen) atoms. The first kappa shape index (κ1) is 14.0. The van der Waals surface area contributed by atoms with E-state index >= 15 is 0 Å². The second kappa shape index (κ2) is 6.61. The standard InChI is InChI=1S/C12H19NO3S/c1-11(13)7-9-17(14,15)10-8-16-12-5-3-2-4-6-12/h2-6,11H,7-10,13H2,1H3. The maximum Gasteiger partial charge on any atom is 0.153 e. The number of rotatable bonds is 7. The molecule has 1 rings (SSSR count). The van der Waals surface area contributed by atoms with Crippen LogP contribution in [0.2, 0.25) is 0 Å². The van der Waals surface area contributed by atoms with Gasteiger partial charge in [0, 0.05) is 6.04 Å². The normalized spacial score (nSPS) is 13.3. The van der Waals surface area contributed by atoms with Gasteiger partial charge in [-0.25, -0.2) is 8.42 Å². The third kappa shape index (κ3) is 6.28. The van der Waals surface area contributed by atoms with Gasteiger partial charge >= 0.3 is 0 Å². The summed E-state index contributed by atoms with van der Waals surface area (Å²) in [5, 5.41) is 0. The molecule has 4 nitrogen and oxygen atoms in total. The molecule has 1 unspecified atom stereocenters. The second-order valence-corrected chi connectivity index (χ2v) is 6.38. The summed E-state index contributed by atoms with van der Waals surface area (Å²) < 4.78 is 28.5. The lowest BCUT2D eigenvalue weighted by Crippen LogP contribution is -2.23. The first-order valence-electron chi connectivity index (χ1n) is 5.63. The quantitative estimate of drug-likeness (QED) is 0.797. The molecule has 0 aliphatic carbocycles. The van der Waals surface area contributed by atoms with Crippen LogP contribution in [0.3, 0.4) is 0 Å². The van der Waals surface area contributed by atoms with Crippen molar-refractivity contribution in [2.45, 2.75) is 19.4 Å². The lowest BCUT2D eigenvalue weighted by atomic mass is 10.3. The van der Waals surface area contributed by atoms with Crippen molar-refractivity contribution in [3.05, 3.63) is 30.3 Å². The number of nitrogens with two attached hydrogens (primary N) is 1. The molecule has 1 aromatic carbocycles. The zero-order valence-corrected chi connectivity index (χ0v) is 10.8. The molecule has 96 valence electrons. The van der Waals surface area contributed by atoms with E-state index < -0.39 is 9.84 Å². The second-order valence-electron chi connectivity index (χ2n) is 4.08. The van der Waals surface area contributed by atoms with E-state index in [-0.39, 0.29) is 24.2 Å². The summed E-state index contributed by atoms with van der Waals surface area (Å²) in [5.74, 6) is 0.854. The fourth-order valence-corrected chi connectivity index (χ4v) is 2.54. The highest BCUT2D eigenvalue weighted by Gasteiger charge is 2.11. The molecule has 0 aromatic heterocycles. The van der Waals surface area contributed by atoms with E-state index in [0.29, 0.717) is 12.2 Å². The van der Waals surface area contributed by atoms with Crippen molar-refractivity contribution in [1.82, 2.24) is 0 Å². The molecule has 0 saturated carbocycles. The molecule has 0 spiro atoms. The van der Waals surface area contributed by atoms with Gasteiger partial charge < -0.3 is 10.5 Å². The maximum absolute atomic E-state index is 11.6. The van der Waals surface area contributed by atoms with Crippen LogP contribution in [0, 0.1) is 0 Å². The van der Waals surface area contributed by atoms with Crippen LogP contribution >= 0.6 is 0 Å². The van der Waals surface area contributed by atoms with Crippen LogP contribution in [-0.2, 0) is 9.84 Å². The molecule has 0 aliphatic rings. The topological polar surface area (TPSA) is 69.4 Å². The fourth-order valence-electron chi connectivity index (χ4n) is 1.27. The molecule has 0 aliphatic heterocycles. The Kier molecular flexibility index (Phi) is 5.44. The molecular formula is C12H19NO3S. The van der Waals surface area contributed by atoms with E-state index in [1.807, 2.05) is 18.2 Å². The Morgan fingerprint density at radius 3 is 2.47 bits per heavy atom. The molecule has 0 saturated heterocycles. The number of hydrogen-bond donors (Lipinski definition) is 1. The Bertz CT molecular complexity index is 415. The third-order valence-electron chi connectivity index (χ3n) is 2.29. The Labute approximate surface area is 103 Å². The van der Waals surface area contributed by atoms with Gasteiger partial charge in [-0.15, -0.1) is 0 Å². The molecular weight excluding hydrogens is 238 g/mol. The van der Waals surface area contributed by atoms with E-state index in [1.54, 1.807) is 19.1 Å². The molecule has 0 fully saturated rings. The fraction of sp³-hybridized carbons (Fsp3) is 0.500. The number of ether oxygens (including phenoxy) is 1. The number of sulfone groups is 1. The van der Waals surface area contributed by atoms with Gasteiger partial charge in [-0.05, 0) is 25.5 Å². The molecule has 0 amide bonds. The Morgan fingerprint density at radius 2 is 1.88 bits per heavy atom. The van der Waals surface area contributed by atoms with Crippen molar-refractivity contribution in [2.24, 2.45) is 5.73 Å². The van der Waals surface area contributed by atoms with Crippen molar-refractivity contribution in [3.8, 4) is 5.75 Å². The van der Waals surface area contributed by atoms with Gasteiger partial charge in [0.15, 0.2) is 9.84 Å². The summed E-state index contributed by atoms with van der Waals surface area (Å²) in [6.45, 7) is 1.99. The minimum Gasteiger partial charge on any atom is -0.493 e. The first-order valence-corrected chi connectivity index (χ1v) is 7.45. The molecule has 1 atom stereocenters. The summed E-state index contributed by atoms with van der Waals surface area (Å²) in [5.41, 5.74) is 5.52. The predicted octanol–water partition coefficient (Wildman–Crippen LogP) is 1.22. The van der Waals surface area contributed by atoms with Crippen molar-refractivity contribution >= 4 is 9.84 Å². The average molecular weight is 257 g/mol. The van der Waals surface area contributed by atoms with E-state index in [1.165, 1.54) is 0 Å². The SMILES string of the molecule is CC(N)CCS(=O)(=O)CCOc1ccccc1. The molecule has 2 N–H and O–H groups in total. The van der Waals surface area contributed by atoms with Crippen molar-refractivity contribution in [2.75, 3.05) is 18.1 Å². The number of hydrogen-bond acceptors (Lipinski definition) is 4. The molecule has 1 aromatic rings. The van der Waals surface area contributed by atoms with Crippen LogP contribution in [0.4, 0.5) is 0 Å². The molecule has 0 heterocycles. The van der Waals surface area contributed by atoms with Gasteiger partial charge in [0.05, 0.1) is 11.5 Å². The van der Waals surface area contributed by atoms with E-state index in [0.717, 1.165) is 0 Å². The van der Waals surface area contributed by atoms with Gasteiger partial charge in [0.25, 0.3) is 0 Å². The van der Waals surface area contributed by atoms with Gasteiger partial charge in [-0.3, -0.25) is 0 Å². The zero-order chi connectivity index (χ0) is 12.7. The van der Waals surface area contributed by atoms with Crippen LogP contribution in [0.25, 0.3) is 0 Å². The van der Waals surface area contributed by atoms with Gasteiger partial charge in [-0.2, -0.15) is 0 Å². The summed E-state index contributed by atoms with van der Waals surface area (Å²) in [4.78, 5) is 0. The smallest absolute Gasteiger partial charge is 0.153 e. The van der Waals surface area contributed by atoms with Crippen LogP contribution in [0.5, 0.6) is 5.75 Å². The van der Waals surface area contributed by atoms with Gasteiger partial charge in [-0.1, -0.05) is 18.2 Å². The third-order valence-corrected chi connectivity index (χ3v) is 3.94. The van der Waals surface area contributed by atoms with Crippen molar-refractivity contribution in [3.63, 3.8) is 0 Å². The summed E-state index contributed by atoms with van der Waals surface area (Å²) in [6, 6.07) is 9.09. The average Bonchev–Trinajstić information content (AvgIpc) is 2.28. The summed E-state index contributed by atoms with van der Waals surface area (Å²) in [6.07, 6.45) is 0.494. The van der Waals surface area contributed by atoms with Crippen molar-refractivity contribution < 1.29 is 13.2 Å². The highest BCUT2D eigenvalue weighted by atomic mass is 32.2. The first-order chi connectivity index (χ1) is 7.99. The number of benzene rings is 1. The maximum atomic E-state index is 11.6. The van der Waals surface area contributed by atoms with E-state index in [4.69, 9.17) is 10.5 Å². The summed E-state index contributed by atoms with van der Waals surface area (Å²) in [7, 11) is -3.05. The minimum atomic E-state index is -3.05. The Hall–Kier alpha value is -1.07. The highest BCUT2D eigenvalue weighted by Crippen LogP contribution is 2.08. The predicted molar refractivity (Wildman–Crippen MR) is 68.9 cm³/mol. The molecule has 5 heteroatoms. The summed E-state index contributed by atoms with van der Waals surface area (Å²) >= 11 is 0. The lowest BCUT2D eigenvalue weighted by Gasteiger charge is -2.08. The zero-order valence-electron chi connectivity index (χ0n) is 10.0. The minimum absolute atomic E-state index is 0.0363. The monoisotopic (exact) mass is 257 g/mol. The van der Waals surface area contributed by atoms with Crippen molar-refractivity contribution in [1.29, 1.82) is 0 Å². The Morgan fingerprint density at radius 1 is 1.24 bits per heavy atom. The van der Waals surface area contributed by atoms with Gasteiger partial charge in [0.1, 0.15) is 12.4 Å². The van der Waals surface area contributed by atoms with Crippen LogP contribution in [0.15, 0.2) is 30.3 Å². The van der Waals surface area contributed by atoms with Gasteiger partial charge in [0.2, 0.25) is 0 Å². The Balaban J connectivity index is 2.31. The van der Waals surface area contributed by atoms with E-state index in [2.05, 4.69) is 0 Å². The molecule has 0 bridgehead atoms. The van der Waals surface area contributed by atoms with Crippen LogP contribution in [0.1, 0.15) is 13.3 Å². The van der Waals surface area contributed by atoms with E-state index in [9.17, 15) is 8.42 Å². The van der Waals surface area contributed by atoms with Crippen LogP contribution < -0.4 is 10.5 Å².